The van der Waals surface area contributed by atoms with Crippen LogP contribution in [0.3, 0.4) is 0 Å². The molecule has 0 aliphatic rings. The molecule has 3 rings (SSSR count). The van der Waals surface area contributed by atoms with Crippen molar-refractivity contribution in [3.63, 3.8) is 0 Å². The van der Waals surface area contributed by atoms with Crippen LogP contribution in [0.25, 0.3) is 11.6 Å². The van der Waals surface area contributed by atoms with E-state index in [4.69, 9.17) is 14.2 Å². The fourth-order valence-corrected chi connectivity index (χ4v) is 3.25. The first-order valence-corrected chi connectivity index (χ1v) is 9.85. The van der Waals surface area contributed by atoms with Crippen LogP contribution < -0.4 is 14.2 Å². The molecule has 0 amide bonds. The highest BCUT2D eigenvalue weighted by Crippen LogP contribution is 2.33. The number of ether oxygens (including phenoxy) is 3. The molecule has 0 aromatic heterocycles. The summed E-state index contributed by atoms with van der Waals surface area (Å²) in [4.78, 5) is 0. The van der Waals surface area contributed by atoms with Gasteiger partial charge in [0.1, 0.15) is 18.2 Å². The van der Waals surface area contributed by atoms with Crippen molar-refractivity contribution >= 4 is 27.6 Å². The second-order valence-electron chi connectivity index (χ2n) is 6.30. The predicted octanol–water partition coefficient (Wildman–Crippen LogP) is 6.25. The van der Waals surface area contributed by atoms with Gasteiger partial charge >= 0.3 is 0 Å². The predicted molar refractivity (Wildman–Crippen MR) is 118 cm³/mol. The van der Waals surface area contributed by atoms with Crippen molar-refractivity contribution in [2.75, 3.05) is 14.2 Å². The van der Waals surface area contributed by atoms with E-state index in [1.165, 1.54) is 6.07 Å². The molecule has 0 bridgehead atoms. The number of benzene rings is 3. The number of rotatable bonds is 7. The van der Waals surface area contributed by atoms with Crippen molar-refractivity contribution in [2.24, 2.45) is 0 Å². The van der Waals surface area contributed by atoms with Gasteiger partial charge < -0.3 is 14.2 Å². The molecule has 0 N–H and O–H groups in total. The summed E-state index contributed by atoms with van der Waals surface area (Å²) in [5, 5.41) is 9.74. The molecule has 0 fully saturated rings. The van der Waals surface area contributed by atoms with Gasteiger partial charge in [0.25, 0.3) is 0 Å². The summed E-state index contributed by atoms with van der Waals surface area (Å²) in [5.41, 5.74) is 2.24. The normalized spacial score (nSPS) is 11.0. The SMILES string of the molecule is COc1ccc(/C(C#N)=C/c2cc(Br)ccc2OCc2ccccc2F)cc1OC. The Bertz CT molecular complexity index is 1120. The zero-order valence-electron chi connectivity index (χ0n) is 16.5. The Balaban J connectivity index is 1.96. The summed E-state index contributed by atoms with van der Waals surface area (Å²) < 4.78 is 31.2. The number of nitrogens with zero attached hydrogens (tertiary/aromatic N) is 1. The average Bonchev–Trinajstić information content (AvgIpc) is 2.77. The molecule has 0 radical (unpaired) electrons. The lowest BCUT2D eigenvalue weighted by Gasteiger charge is -2.12. The standard InChI is InChI=1S/C24H19BrFNO3/c1-28-23-9-7-16(13-24(23)29-2)19(14-27)11-18-12-20(25)8-10-22(18)30-15-17-5-3-4-6-21(17)26/h3-13H,15H2,1-2H3/b19-11+. The molecule has 0 aliphatic carbocycles. The first-order valence-electron chi connectivity index (χ1n) is 9.05. The lowest BCUT2D eigenvalue weighted by Crippen LogP contribution is -1.99. The van der Waals surface area contributed by atoms with Crippen LogP contribution in [-0.2, 0) is 6.61 Å². The summed E-state index contributed by atoms with van der Waals surface area (Å²) in [6, 6.07) is 19.4. The van der Waals surface area contributed by atoms with Crippen LogP contribution in [0.5, 0.6) is 17.2 Å². The molecule has 0 atom stereocenters. The first-order chi connectivity index (χ1) is 14.5. The zero-order chi connectivity index (χ0) is 21.5. The Morgan fingerprint density at radius 3 is 2.43 bits per heavy atom. The van der Waals surface area contributed by atoms with Crippen LogP contribution in [0.2, 0.25) is 0 Å². The zero-order valence-corrected chi connectivity index (χ0v) is 18.1. The van der Waals surface area contributed by atoms with Gasteiger partial charge in [0, 0.05) is 15.6 Å². The maximum absolute atomic E-state index is 13.9. The number of hydrogen-bond acceptors (Lipinski definition) is 4. The molecule has 3 aromatic rings. The molecular formula is C24H19BrFNO3. The monoisotopic (exact) mass is 467 g/mol. The van der Waals surface area contributed by atoms with E-state index >= 15 is 0 Å². The smallest absolute Gasteiger partial charge is 0.161 e. The number of halogens is 2. The third-order valence-corrected chi connectivity index (χ3v) is 4.92. The highest BCUT2D eigenvalue weighted by Gasteiger charge is 2.11. The fraction of sp³-hybridized carbons (Fsp3) is 0.125. The number of allylic oxidation sites excluding steroid dienone is 1. The summed E-state index contributed by atoms with van der Waals surface area (Å²) in [5.74, 6) is 1.32. The molecule has 0 spiro atoms. The van der Waals surface area contributed by atoms with E-state index in [0.29, 0.717) is 39.5 Å². The maximum Gasteiger partial charge on any atom is 0.161 e. The van der Waals surface area contributed by atoms with E-state index in [2.05, 4.69) is 22.0 Å². The highest BCUT2D eigenvalue weighted by molar-refractivity contribution is 9.10. The van der Waals surface area contributed by atoms with Gasteiger partial charge in [-0.2, -0.15) is 5.26 Å². The Morgan fingerprint density at radius 2 is 1.73 bits per heavy atom. The topological polar surface area (TPSA) is 51.5 Å². The molecule has 0 heterocycles. The summed E-state index contributed by atoms with van der Waals surface area (Å²) in [6.45, 7) is 0.0768. The fourth-order valence-electron chi connectivity index (χ4n) is 2.87. The van der Waals surface area contributed by atoms with Crippen molar-refractivity contribution in [2.45, 2.75) is 6.61 Å². The quantitative estimate of drug-likeness (QED) is 0.304. The van der Waals surface area contributed by atoms with E-state index in [9.17, 15) is 9.65 Å². The van der Waals surface area contributed by atoms with Gasteiger partial charge in [0.15, 0.2) is 11.5 Å². The van der Waals surface area contributed by atoms with Crippen LogP contribution in [0.15, 0.2) is 65.1 Å². The van der Waals surface area contributed by atoms with Crippen LogP contribution in [0.1, 0.15) is 16.7 Å². The molecule has 0 saturated carbocycles. The lowest BCUT2D eigenvalue weighted by atomic mass is 10.0. The van der Waals surface area contributed by atoms with E-state index in [-0.39, 0.29) is 12.4 Å². The van der Waals surface area contributed by atoms with Gasteiger partial charge in [-0.05, 0) is 54.1 Å². The van der Waals surface area contributed by atoms with Crippen molar-refractivity contribution in [1.29, 1.82) is 5.26 Å². The number of hydrogen-bond donors (Lipinski definition) is 0. The van der Waals surface area contributed by atoms with Gasteiger partial charge in [-0.25, -0.2) is 4.39 Å². The van der Waals surface area contributed by atoms with E-state index in [0.717, 1.165) is 4.47 Å². The summed E-state index contributed by atoms with van der Waals surface area (Å²) in [6.07, 6.45) is 1.72. The molecule has 3 aromatic carbocycles. The van der Waals surface area contributed by atoms with Gasteiger partial charge in [0.2, 0.25) is 0 Å². The van der Waals surface area contributed by atoms with E-state index in [1.54, 1.807) is 62.8 Å². The number of methoxy groups -OCH3 is 2. The molecule has 152 valence electrons. The molecule has 0 unspecified atom stereocenters. The van der Waals surface area contributed by atoms with Crippen LogP contribution >= 0.6 is 15.9 Å². The third kappa shape index (κ3) is 5.00. The minimum Gasteiger partial charge on any atom is -0.493 e. The molecule has 4 nitrogen and oxygen atoms in total. The third-order valence-electron chi connectivity index (χ3n) is 4.43. The maximum atomic E-state index is 13.9. The second kappa shape index (κ2) is 9.95. The van der Waals surface area contributed by atoms with Crippen molar-refractivity contribution in [3.05, 3.63) is 87.6 Å². The van der Waals surface area contributed by atoms with Gasteiger partial charge in [-0.1, -0.05) is 34.1 Å². The second-order valence-corrected chi connectivity index (χ2v) is 7.22. The Morgan fingerprint density at radius 1 is 1.00 bits per heavy atom. The van der Waals surface area contributed by atoms with Gasteiger partial charge in [-0.3, -0.25) is 0 Å². The molecule has 6 heteroatoms. The van der Waals surface area contributed by atoms with Crippen LogP contribution in [0.4, 0.5) is 4.39 Å². The minimum atomic E-state index is -0.324. The summed E-state index contributed by atoms with van der Waals surface area (Å²) in [7, 11) is 3.10. The molecule has 0 saturated heterocycles. The van der Waals surface area contributed by atoms with Gasteiger partial charge in [-0.15, -0.1) is 0 Å². The Kier molecular flexibility index (Phi) is 7.10. The van der Waals surface area contributed by atoms with Crippen molar-refractivity contribution in [1.82, 2.24) is 0 Å². The van der Waals surface area contributed by atoms with Gasteiger partial charge in [0.05, 0.1) is 25.9 Å². The summed E-state index contributed by atoms with van der Waals surface area (Å²) >= 11 is 3.45. The Labute approximate surface area is 183 Å². The van der Waals surface area contributed by atoms with E-state index < -0.39 is 0 Å². The molecule has 30 heavy (non-hydrogen) atoms. The number of nitriles is 1. The largest absolute Gasteiger partial charge is 0.493 e. The van der Waals surface area contributed by atoms with Crippen molar-refractivity contribution < 1.29 is 18.6 Å². The van der Waals surface area contributed by atoms with E-state index in [1.807, 2.05) is 12.1 Å². The average molecular weight is 468 g/mol. The first kappa shape index (κ1) is 21.4. The van der Waals surface area contributed by atoms with Crippen molar-refractivity contribution in [3.8, 4) is 23.3 Å². The minimum absolute atomic E-state index is 0.0768. The van der Waals surface area contributed by atoms with Crippen LogP contribution in [0, 0.1) is 17.1 Å². The molecular weight excluding hydrogens is 449 g/mol. The van der Waals surface area contributed by atoms with Crippen LogP contribution in [-0.4, -0.2) is 14.2 Å². The highest BCUT2D eigenvalue weighted by atomic mass is 79.9. The molecule has 0 aliphatic heterocycles. The Hall–Kier alpha value is -3.30. The lowest BCUT2D eigenvalue weighted by molar-refractivity contribution is 0.299.